The molecule has 26 heavy (non-hydrogen) atoms. The molecule has 1 heterocycles. The van der Waals surface area contributed by atoms with Gasteiger partial charge in [-0.15, -0.1) is 0 Å². The molecule has 0 fully saturated rings. The number of nitrogens with one attached hydrogen (secondary N) is 1. The lowest BCUT2D eigenvalue weighted by molar-refractivity contribution is -0.118. The molecule has 4 heteroatoms. The van der Waals surface area contributed by atoms with E-state index in [0.29, 0.717) is 17.9 Å². The molecule has 0 spiro atoms. The van der Waals surface area contributed by atoms with Gasteiger partial charge in [0.25, 0.3) is 5.91 Å². The molecule has 0 aliphatic carbocycles. The zero-order valence-electron chi connectivity index (χ0n) is 15.7. The van der Waals surface area contributed by atoms with Crippen LogP contribution in [-0.2, 0) is 11.2 Å². The van der Waals surface area contributed by atoms with Crippen LogP contribution in [0.5, 0.6) is 0 Å². The van der Waals surface area contributed by atoms with Crippen LogP contribution < -0.4 is 10.2 Å². The second kappa shape index (κ2) is 7.73. The summed E-state index contributed by atoms with van der Waals surface area (Å²) in [6.45, 7) is 7.05. The number of carbonyl (C=O) groups is 2. The molecule has 0 bridgehead atoms. The Kier molecular flexibility index (Phi) is 5.40. The molecule has 0 saturated heterocycles. The third kappa shape index (κ3) is 4.13. The van der Waals surface area contributed by atoms with E-state index in [1.54, 1.807) is 0 Å². The van der Waals surface area contributed by atoms with Crippen LogP contribution in [0.4, 0.5) is 11.4 Å². The first kappa shape index (κ1) is 18.2. The molecule has 2 aromatic carbocycles. The van der Waals surface area contributed by atoms with Gasteiger partial charge in [-0.05, 0) is 61.6 Å². The molecular weight excluding hydrogens is 324 g/mol. The van der Waals surface area contributed by atoms with Crippen molar-refractivity contribution in [3.63, 3.8) is 0 Å². The molecule has 1 aliphatic heterocycles. The van der Waals surface area contributed by atoms with Crippen molar-refractivity contribution in [1.29, 1.82) is 0 Å². The van der Waals surface area contributed by atoms with Gasteiger partial charge in [0.15, 0.2) is 0 Å². The summed E-state index contributed by atoms with van der Waals surface area (Å²) in [7, 11) is 0. The highest BCUT2D eigenvalue weighted by molar-refractivity contribution is 6.05. The molecule has 1 aliphatic rings. The lowest BCUT2D eigenvalue weighted by Gasteiger charge is -2.30. The van der Waals surface area contributed by atoms with Gasteiger partial charge >= 0.3 is 0 Å². The number of nitrogens with zero attached hydrogens (tertiary/aromatic N) is 1. The molecule has 0 saturated carbocycles. The number of amides is 2. The van der Waals surface area contributed by atoms with Gasteiger partial charge in [-0.1, -0.05) is 31.5 Å². The van der Waals surface area contributed by atoms with Crippen molar-refractivity contribution in [3.8, 4) is 0 Å². The second-order valence-corrected chi connectivity index (χ2v) is 7.39. The monoisotopic (exact) mass is 350 g/mol. The Labute approximate surface area is 155 Å². The molecule has 136 valence electrons. The molecule has 0 aromatic heterocycles. The Balaban J connectivity index is 1.78. The van der Waals surface area contributed by atoms with Crippen LogP contribution in [0.2, 0.25) is 0 Å². The first-order chi connectivity index (χ1) is 12.4. The predicted octanol–water partition coefficient (Wildman–Crippen LogP) is 4.57. The first-order valence-electron chi connectivity index (χ1n) is 9.25. The summed E-state index contributed by atoms with van der Waals surface area (Å²) in [4.78, 5) is 26.7. The molecule has 0 radical (unpaired) electrons. The van der Waals surface area contributed by atoms with E-state index in [0.717, 1.165) is 41.9 Å². The summed E-state index contributed by atoms with van der Waals surface area (Å²) in [5.74, 6) is 0.632. The summed E-state index contributed by atoms with van der Waals surface area (Å²) in [5, 5.41) is 2.97. The standard InChI is InChI=1S/C22H26N2O2/c1-15(2)11-12-24-20-9-8-19(14-17(20)7-10-21(24)25)23-22(26)18-6-4-5-16(3)13-18/h4-6,8-9,13-15H,7,10-12H2,1-3H3,(H,23,26). The van der Waals surface area contributed by atoms with Crippen molar-refractivity contribution in [2.75, 3.05) is 16.8 Å². The number of hydrogen-bond acceptors (Lipinski definition) is 2. The number of fused-ring (bicyclic) bond motifs is 1. The third-order valence-corrected chi connectivity index (χ3v) is 4.75. The van der Waals surface area contributed by atoms with Crippen molar-refractivity contribution in [1.82, 2.24) is 0 Å². The Morgan fingerprint density at radius 1 is 1.15 bits per heavy atom. The number of anilines is 2. The van der Waals surface area contributed by atoms with Gasteiger partial charge in [0.1, 0.15) is 0 Å². The molecule has 4 nitrogen and oxygen atoms in total. The van der Waals surface area contributed by atoms with Crippen molar-refractivity contribution in [2.24, 2.45) is 5.92 Å². The molecule has 2 amide bonds. The number of aryl methyl sites for hydroxylation is 2. The molecule has 3 rings (SSSR count). The maximum absolute atomic E-state index is 12.5. The van der Waals surface area contributed by atoms with Crippen LogP contribution in [0.15, 0.2) is 42.5 Å². The van der Waals surface area contributed by atoms with E-state index >= 15 is 0 Å². The SMILES string of the molecule is Cc1cccc(C(=O)Nc2ccc3c(c2)CCC(=O)N3CCC(C)C)c1. The van der Waals surface area contributed by atoms with E-state index in [1.165, 1.54) is 0 Å². The van der Waals surface area contributed by atoms with Gasteiger partial charge in [0.2, 0.25) is 5.91 Å². The quantitative estimate of drug-likeness (QED) is 0.858. The van der Waals surface area contributed by atoms with Gasteiger partial charge in [-0.2, -0.15) is 0 Å². The minimum absolute atomic E-state index is 0.114. The summed E-state index contributed by atoms with van der Waals surface area (Å²) >= 11 is 0. The number of rotatable bonds is 5. The van der Waals surface area contributed by atoms with Gasteiger partial charge in [0, 0.05) is 29.9 Å². The fraction of sp³-hybridized carbons (Fsp3) is 0.364. The van der Waals surface area contributed by atoms with Crippen LogP contribution >= 0.6 is 0 Å². The summed E-state index contributed by atoms with van der Waals surface area (Å²) in [5.41, 5.74) is 4.58. The molecular formula is C22H26N2O2. The van der Waals surface area contributed by atoms with E-state index in [1.807, 2.05) is 54.3 Å². The van der Waals surface area contributed by atoms with Crippen molar-refractivity contribution >= 4 is 23.2 Å². The third-order valence-electron chi connectivity index (χ3n) is 4.75. The van der Waals surface area contributed by atoms with Gasteiger partial charge in [-0.25, -0.2) is 0 Å². The number of benzene rings is 2. The van der Waals surface area contributed by atoms with Crippen molar-refractivity contribution in [3.05, 3.63) is 59.2 Å². The van der Waals surface area contributed by atoms with Crippen molar-refractivity contribution < 1.29 is 9.59 Å². The van der Waals surface area contributed by atoms with E-state index in [4.69, 9.17) is 0 Å². The zero-order chi connectivity index (χ0) is 18.7. The highest BCUT2D eigenvalue weighted by atomic mass is 16.2. The van der Waals surface area contributed by atoms with Crippen LogP contribution in [0, 0.1) is 12.8 Å². The van der Waals surface area contributed by atoms with E-state index < -0.39 is 0 Å². The second-order valence-electron chi connectivity index (χ2n) is 7.39. The lowest BCUT2D eigenvalue weighted by atomic mass is 9.99. The smallest absolute Gasteiger partial charge is 0.255 e. The Morgan fingerprint density at radius 3 is 2.69 bits per heavy atom. The zero-order valence-corrected chi connectivity index (χ0v) is 15.7. The summed E-state index contributed by atoms with van der Waals surface area (Å²) < 4.78 is 0. The topological polar surface area (TPSA) is 49.4 Å². The van der Waals surface area contributed by atoms with Crippen LogP contribution in [-0.4, -0.2) is 18.4 Å². The first-order valence-corrected chi connectivity index (χ1v) is 9.25. The van der Waals surface area contributed by atoms with Gasteiger partial charge < -0.3 is 10.2 Å². The maximum Gasteiger partial charge on any atom is 0.255 e. The normalized spacial score (nSPS) is 13.7. The van der Waals surface area contributed by atoms with Crippen LogP contribution in [0.3, 0.4) is 0 Å². The Morgan fingerprint density at radius 2 is 1.96 bits per heavy atom. The van der Waals surface area contributed by atoms with Crippen LogP contribution in [0.25, 0.3) is 0 Å². The fourth-order valence-corrected chi connectivity index (χ4v) is 3.26. The van der Waals surface area contributed by atoms with Gasteiger partial charge in [0.05, 0.1) is 0 Å². The minimum Gasteiger partial charge on any atom is -0.322 e. The molecule has 0 atom stereocenters. The lowest BCUT2D eigenvalue weighted by Crippen LogP contribution is -2.36. The van der Waals surface area contributed by atoms with Gasteiger partial charge in [-0.3, -0.25) is 9.59 Å². The van der Waals surface area contributed by atoms with Crippen molar-refractivity contribution in [2.45, 2.75) is 40.0 Å². The number of carbonyl (C=O) groups excluding carboxylic acids is 2. The summed E-state index contributed by atoms with van der Waals surface area (Å²) in [6, 6.07) is 13.4. The van der Waals surface area contributed by atoms with Crippen LogP contribution in [0.1, 0.15) is 48.2 Å². The Hall–Kier alpha value is -2.62. The largest absolute Gasteiger partial charge is 0.322 e. The molecule has 0 unspecified atom stereocenters. The minimum atomic E-state index is -0.114. The number of hydrogen-bond donors (Lipinski definition) is 1. The molecule has 1 N–H and O–H groups in total. The highest BCUT2D eigenvalue weighted by Crippen LogP contribution is 2.31. The average molecular weight is 350 g/mol. The highest BCUT2D eigenvalue weighted by Gasteiger charge is 2.24. The van der Waals surface area contributed by atoms with E-state index in [2.05, 4.69) is 19.2 Å². The maximum atomic E-state index is 12.5. The summed E-state index contributed by atoms with van der Waals surface area (Å²) in [6.07, 6.45) is 2.23. The average Bonchev–Trinajstić information content (AvgIpc) is 2.60. The molecule has 2 aromatic rings. The van der Waals surface area contributed by atoms with E-state index in [9.17, 15) is 9.59 Å². The fourth-order valence-electron chi connectivity index (χ4n) is 3.26. The predicted molar refractivity (Wildman–Crippen MR) is 106 cm³/mol. The van der Waals surface area contributed by atoms with E-state index in [-0.39, 0.29) is 11.8 Å². The Bertz CT molecular complexity index is 827.